The van der Waals surface area contributed by atoms with Crippen LogP contribution in [-0.4, -0.2) is 15.9 Å². The molecule has 3 saturated carbocycles. The summed E-state index contributed by atoms with van der Waals surface area (Å²) in [5.41, 5.74) is -0.0561. The molecule has 1 amide bonds. The number of nitrogens with one attached hydrogen (secondary N) is 1. The molecule has 0 aromatic carbocycles. The lowest BCUT2D eigenvalue weighted by molar-refractivity contribution is -0.158. The van der Waals surface area contributed by atoms with Gasteiger partial charge in [0.1, 0.15) is 4.60 Å². The minimum atomic E-state index is -0.0561. The number of carbonyl (C=O) groups is 1. The van der Waals surface area contributed by atoms with Crippen LogP contribution in [-0.2, 0) is 4.79 Å². The van der Waals surface area contributed by atoms with Gasteiger partial charge in [-0.25, -0.2) is 9.97 Å². The van der Waals surface area contributed by atoms with Gasteiger partial charge in [-0.05, 0) is 41.1 Å². The highest BCUT2D eigenvalue weighted by atomic mass is 79.9. The fraction of sp³-hybridized carbons (Fsp3) is 0.500. The zero-order chi connectivity index (χ0) is 10.5. The topological polar surface area (TPSA) is 54.9 Å². The third-order valence-electron chi connectivity index (χ3n) is 3.38. The zero-order valence-corrected chi connectivity index (χ0v) is 9.62. The van der Waals surface area contributed by atoms with Gasteiger partial charge in [0.15, 0.2) is 5.82 Å². The monoisotopic (exact) mass is 267 g/mol. The first-order valence-corrected chi connectivity index (χ1v) is 5.76. The van der Waals surface area contributed by atoms with Gasteiger partial charge in [0.2, 0.25) is 5.91 Å². The Labute approximate surface area is 95.6 Å². The Morgan fingerprint density at radius 1 is 1.40 bits per heavy atom. The molecule has 1 heterocycles. The largest absolute Gasteiger partial charge is 0.309 e. The Hall–Kier alpha value is -0.970. The Bertz CT molecular complexity index is 400. The zero-order valence-electron chi connectivity index (χ0n) is 8.03. The average Bonchev–Trinajstić information content (AvgIpc) is 2.03. The predicted molar refractivity (Wildman–Crippen MR) is 58.1 cm³/mol. The van der Waals surface area contributed by atoms with E-state index in [2.05, 4.69) is 31.2 Å². The van der Waals surface area contributed by atoms with E-state index in [0.29, 0.717) is 10.4 Å². The number of amides is 1. The van der Waals surface area contributed by atoms with E-state index in [9.17, 15) is 4.79 Å². The van der Waals surface area contributed by atoms with Crippen molar-refractivity contribution < 1.29 is 4.79 Å². The molecule has 3 fully saturated rings. The molecular weight excluding hydrogens is 258 g/mol. The Balaban J connectivity index is 1.69. The molecule has 1 aromatic rings. The Morgan fingerprint density at radius 3 is 2.60 bits per heavy atom. The smallest absolute Gasteiger partial charge is 0.231 e. The molecule has 15 heavy (non-hydrogen) atoms. The van der Waals surface area contributed by atoms with Crippen molar-refractivity contribution in [3.05, 3.63) is 17.0 Å². The molecule has 4 rings (SSSR count). The van der Waals surface area contributed by atoms with Crippen molar-refractivity contribution >= 4 is 27.7 Å². The Kier molecular flexibility index (Phi) is 1.86. The third kappa shape index (κ3) is 1.37. The van der Waals surface area contributed by atoms with Gasteiger partial charge in [-0.3, -0.25) is 4.79 Å². The fourth-order valence-corrected chi connectivity index (χ4v) is 2.59. The van der Waals surface area contributed by atoms with Crippen LogP contribution in [0.2, 0.25) is 0 Å². The highest BCUT2D eigenvalue weighted by molar-refractivity contribution is 9.10. The number of hydrogen-bond acceptors (Lipinski definition) is 3. The van der Waals surface area contributed by atoms with Gasteiger partial charge in [-0.15, -0.1) is 0 Å². The van der Waals surface area contributed by atoms with Crippen molar-refractivity contribution in [3.8, 4) is 0 Å². The molecule has 0 atom stereocenters. The number of halogens is 1. The summed E-state index contributed by atoms with van der Waals surface area (Å²) in [7, 11) is 0. The molecule has 2 bridgehead atoms. The first kappa shape index (κ1) is 9.27. The van der Waals surface area contributed by atoms with E-state index in [-0.39, 0.29) is 11.3 Å². The van der Waals surface area contributed by atoms with Crippen LogP contribution in [0.25, 0.3) is 0 Å². The minimum Gasteiger partial charge on any atom is -0.309 e. The first-order chi connectivity index (χ1) is 7.18. The standard InChI is InChI=1S/C10H10BrN3O/c11-7-4-13-8(5-12-7)14-9(15)10-1-6(2-10)3-10/h4-6H,1-3H2,(H,13,14,15). The van der Waals surface area contributed by atoms with E-state index in [1.165, 1.54) is 0 Å². The maximum Gasteiger partial charge on any atom is 0.231 e. The van der Waals surface area contributed by atoms with Gasteiger partial charge in [-0.1, -0.05) is 0 Å². The molecule has 1 N–H and O–H groups in total. The maximum atomic E-state index is 11.8. The molecule has 0 saturated heterocycles. The van der Waals surface area contributed by atoms with Crippen LogP contribution in [0.4, 0.5) is 5.82 Å². The molecule has 1 aromatic heterocycles. The molecular formula is C10H10BrN3O. The van der Waals surface area contributed by atoms with Crippen LogP contribution < -0.4 is 5.32 Å². The van der Waals surface area contributed by atoms with E-state index in [4.69, 9.17) is 0 Å². The van der Waals surface area contributed by atoms with Crippen LogP contribution in [0.5, 0.6) is 0 Å². The summed E-state index contributed by atoms with van der Waals surface area (Å²) in [6, 6.07) is 0. The van der Waals surface area contributed by atoms with Crippen molar-refractivity contribution in [2.45, 2.75) is 19.3 Å². The van der Waals surface area contributed by atoms with Crippen LogP contribution >= 0.6 is 15.9 Å². The molecule has 0 unspecified atom stereocenters. The van der Waals surface area contributed by atoms with Gasteiger partial charge in [-0.2, -0.15) is 0 Å². The molecule has 0 spiro atoms. The molecule has 5 heteroatoms. The average molecular weight is 268 g/mol. The summed E-state index contributed by atoms with van der Waals surface area (Å²) in [4.78, 5) is 19.9. The van der Waals surface area contributed by atoms with E-state index >= 15 is 0 Å². The minimum absolute atomic E-state index is 0.0561. The molecule has 78 valence electrons. The van der Waals surface area contributed by atoms with Crippen molar-refractivity contribution in [2.75, 3.05) is 5.32 Å². The molecule has 3 aliphatic rings. The van der Waals surface area contributed by atoms with Gasteiger partial charge in [0.05, 0.1) is 17.8 Å². The quantitative estimate of drug-likeness (QED) is 0.892. The maximum absolute atomic E-state index is 11.8. The van der Waals surface area contributed by atoms with Gasteiger partial charge < -0.3 is 5.32 Å². The van der Waals surface area contributed by atoms with Crippen LogP contribution in [0, 0.1) is 11.3 Å². The fourth-order valence-electron chi connectivity index (χ4n) is 2.38. The summed E-state index contributed by atoms with van der Waals surface area (Å²) in [6.07, 6.45) is 6.32. The summed E-state index contributed by atoms with van der Waals surface area (Å²) < 4.78 is 0.672. The van der Waals surface area contributed by atoms with Crippen molar-refractivity contribution in [2.24, 2.45) is 11.3 Å². The lowest BCUT2D eigenvalue weighted by Crippen LogP contribution is -2.58. The van der Waals surface area contributed by atoms with E-state index < -0.39 is 0 Å². The molecule has 4 nitrogen and oxygen atoms in total. The van der Waals surface area contributed by atoms with E-state index in [1.54, 1.807) is 12.4 Å². The Morgan fingerprint density at radius 2 is 2.13 bits per heavy atom. The number of rotatable bonds is 2. The summed E-state index contributed by atoms with van der Waals surface area (Å²) in [5, 5.41) is 2.82. The number of carbonyl (C=O) groups excluding carboxylic acids is 1. The third-order valence-corrected chi connectivity index (χ3v) is 3.79. The number of hydrogen-bond donors (Lipinski definition) is 1. The lowest BCUT2D eigenvalue weighted by atomic mass is 9.44. The summed E-state index contributed by atoms with van der Waals surface area (Å²) in [6.45, 7) is 0. The molecule has 0 radical (unpaired) electrons. The van der Waals surface area contributed by atoms with Crippen molar-refractivity contribution in [3.63, 3.8) is 0 Å². The van der Waals surface area contributed by atoms with E-state index in [0.717, 1.165) is 25.2 Å². The van der Waals surface area contributed by atoms with Crippen molar-refractivity contribution in [1.82, 2.24) is 9.97 Å². The van der Waals surface area contributed by atoms with Crippen LogP contribution in [0.3, 0.4) is 0 Å². The normalized spacial score (nSPS) is 31.4. The highest BCUT2D eigenvalue weighted by Gasteiger charge is 2.61. The second-order valence-electron chi connectivity index (χ2n) is 4.44. The summed E-state index contributed by atoms with van der Waals surface area (Å²) in [5.74, 6) is 1.46. The second kappa shape index (κ2) is 3.01. The van der Waals surface area contributed by atoms with Gasteiger partial charge in [0, 0.05) is 0 Å². The van der Waals surface area contributed by atoms with Crippen LogP contribution in [0.1, 0.15) is 19.3 Å². The number of anilines is 1. The SMILES string of the molecule is O=C(Nc1cnc(Br)cn1)C12CC(C1)C2. The molecule has 3 aliphatic carbocycles. The van der Waals surface area contributed by atoms with Crippen LogP contribution in [0.15, 0.2) is 17.0 Å². The highest BCUT2D eigenvalue weighted by Crippen LogP contribution is 2.64. The molecule has 0 aliphatic heterocycles. The lowest BCUT2D eigenvalue weighted by Gasteiger charge is -2.59. The second-order valence-corrected chi connectivity index (χ2v) is 5.25. The first-order valence-electron chi connectivity index (χ1n) is 4.97. The predicted octanol–water partition coefficient (Wildman–Crippen LogP) is 1.98. The van der Waals surface area contributed by atoms with E-state index in [1.807, 2.05) is 0 Å². The van der Waals surface area contributed by atoms with Crippen molar-refractivity contribution in [1.29, 1.82) is 0 Å². The summed E-state index contributed by atoms with van der Waals surface area (Å²) >= 11 is 3.20. The van der Waals surface area contributed by atoms with Gasteiger partial charge in [0.25, 0.3) is 0 Å². The van der Waals surface area contributed by atoms with Gasteiger partial charge >= 0.3 is 0 Å². The number of nitrogens with zero attached hydrogens (tertiary/aromatic N) is 2. The number of aromatic nitrogens is 2.